The van der Waals surface area contributed by atoms with Gasteiger partial charge >= 0.3 is 5.97 Å². The summed E-state index contributed by atoms with van der Waals surface area (Å²) in [5.74, 6) is -0.718. The summed E-state index contributed by atoms with van der Waals surface area (Å²) in [5.41, 5.74) is 0.961. The monoisotopic (exact) mass is 280 g/mol. The maximum absolute atomic E-state index is 12.2. The van der Waals surface area contributed by atoms with Gasteiger partial charge in [-0.05, 0) is 26.0 Å². The van der Waals surface area contributed by atoms with Gasteiger partial charge in [-0.25, -0.2) is 9.78 Å². The first-order chi connectivity index (χ1) is 9.08. The van der Waals surface area contributed by atoms with Gasteiger partial charge in [0.15, 0.2) is 6.07 Å². The number of carbonyl (C=O) groups is 1. The SMILES string of the molecule is CCn1cc(C(=O)OCCl)c(=O)c2ccc(C)nc21. The Hall–Kier alpha value is -1.88. The van der Waals surface area contributed by atoms with E-state index in [1.54, 1.807) is 16.7 Å². The summed E-state index contributed by atoms with van der Waals surface area (Å²) in [7, 11) is 0. The van der Waals surface area contributed by atoms with Crippen LogP contribution in [0.25, 0.3) is 11.0 Å². The predicted molar refractivity (Wildman–Crippen MR) is 72.5 cm³/mol. The Labute approximate surface area is 114 Å². The Morgan fingerprint density at radius 1 is 1.47 bits per heavy atom. The van der Waals surface area contributed by atoms with Crippen LogP contribution in [0.3, 0.4) is 0 Å². The number of esters is 1. The second-order valence-electron chi connectivity index (χ2n) is 4.02. The van der Waals surface area contributed by atoms with Crippen molar-refractivity contribution in [1.82, 2.24) is 9.55 Å². The zero-order valence-corrected chi connectivity index (χ0v) is 11.4. The van der Waals surface area contributed by atoms with Gasteiger partial charge in [0.2, 0.25) is 5.43 Å². The van der Waals surface area contributed by atoms with Gasteiger partial charge < -0.3 is 9.30 Å². The van der Waals surface area contributed by atoms with Crippen molar-refractivity contribution in [3.05, 3.63) is 39.8 Å². The fourth-order valence-electron chi connectivity index (χ4n) is 1.87. The van der Waals surface area contributed by atoms with Crippen molar-refractivity contribution < 1.29 is 9.53 Å². The Bertz CT molecular complexity index is 694. The molecule has 0 saturated heterocycles. The van der Waals surface area contributed by atoms with E-state index in [9.17, 15) is 9.59 Å². The predicted octanol–water partition coefficient (Wildman–Crippen LogP) is 2.08. The number of halogens is 1. The van der Waals surface area contributed by atoms with Crippen LogP contribution >= 0.6 is 11.6 Å². The number of alkyl halides is 1. The number of carbonyl (C=O) groups excluding carboxylic acids is 1. The van der Waals surface area contributed by atoms with Crippen LogP contribution in [0.4, 0.5) is 0 Å². The fraction of sp³-hybridized carbons (Fsp3) is 0.308. The molecule has 0 fully saturated rings. The number of ether oxygens (including phenoxy) is 1. The first-order valence-electron chi connectivity index (χ1n) is 5.82. The molecular weight excluding hydrogens is 268 g/mol. The standard InChI is InChI=1S/C13H13ClN2O3/c1-3-16-6-10(13(18)19-7-14)11(17)9-5-4-8(2)15-12(9)16/h4-6H,3,7H2,1-2H3. The van der Waals surface area contributed by atoms with Crippen LogP contribution in [0, 0.1) is 6.92 Å². The highest BCUT2D eigenvalue weighted by Gasteiger charge is 2.16. The zero-order valence-electron chi connectivity index (χ0n) is 10.6. The number of fused-ring (bicyclic) bond motifs is 1. The lowest BCUT2D eigenvalue weighted by atomic mass is 10.2. The van der Waals surface area contributed by atoms with E-state index in [1.807, 2.05) is 13.8 Å². The summed E-state index contributed by atoms with van der Waals surface area (Å²) in [5, 5.41) is 0.400. The van der Waals surface area contributed by atoms with E-state index in [1.165, 1.54) is 6.20 Å². The highest BCUT2D eigenvalue weighted by molar-refractivity contribution is 6.17. The summed E-state index contributed by atoms with van der Waals surface area (Å²) in [4.78, 5) is 28.3. The Morgan fingerprint density at radius 3 is 2.84 bits per heavy atom. The molecule has 19 heavy (non-hydrogen) atoms. The minimum Gasteiger partial charge on any atom is -0.446 e. The van der Waals surface area contributed by atoms with Crippen LogP contribution in [0.2, 0.25) is 0 Å². The van der Waals surface area contributed by atoms with Crippen molar-refractivity contribution in [3.63, 3.8) is 0 Å². The van der Waals surface area contributed by atoms with Crippen LogP contribution in [0.1, 0.15) is 23.0 Å². The first-order valence-corrected chi connectivity index (χ1v) is 6.35. The van der Waals surface area contributed by atoms with E-state index < -0.39 is 5.97 Å². The summed E-state index contributed by atoms with van der Waals surface area (Å²) in [6.45, 7) is 4.35. The molecule has 0 aliphatic heterocycles. The van der Waals surface area contributed by atoms with Crippen molar-refractivity contribution in [3.8, 4) is 0 Å². The molecule has 2 aromatic rings. The first kappa shape index (κ1) is 13.5. The molecule has 2 heterocycles. The van der Waals surface area contributed by atoms with Gasteiger partial charge in [-0.3, -0.25) is 4.79 Å². The molecule has 0 unspecified atom stereocenters. The van der Waals surface area contributed by atoms with E-state index >= 15 is 0 Å². The summed E-state index contributed by atoms with van der Waals surface area (Å²) in [6.07, 6.45) is 1.46. The number of nitrogens with zero attached hydrogens (tertiary/aromatic N) is 2. The van der Waals surface area contributed by atoms with Gasteiger partial charge in [-0.15, -0.1) is 0 Å². The van der Waals surface area contributed by atoms with Crippen LogP contribution < -0.4 is 5.43 Å². The summed E-state index contributed by atoms with van der Waals surface area (Å²) in [6, 6.07) is 3.12. The van der Waals surface area contributed by atoms with Gasteiger partial charge in [-0.1, -0.05) is 11.6 Å². The summed E-state index contributed by atoms with van der Waals surface area (Å²) >= 11 is 5.35. The lowest BCUT2D eigenvalue weighted by Crippen LogP contribution is -2.21. The molecule has 2 rings (SSSR count). The van der Waals surface area contributed by atoms with Gasteiger partial charge in [-0.2, -0.15) is 0 Å². The molecule has 100 valence electrons. The Kier molecular flexibility index (Phi) is 3.85. The van der Waals surface area contributed by atoms with Gasteiger partial charge in [0, 0.05) is 18.4 Å². The molecule has 0 aromatic carbocycles. The molecule has 0 atom stereocenters. The topological polar surface area (TPSA) is 61.2 Å². The molecule has 0 aliphatic rings. The molecular formula is C13H13ClN2O3. The van der Waals surface area contributed by atoms with Gasteiger partial charge in [0.05, 0.1) is 5.39 Å². The average molecular weight is 281 g/mol. The largest absolute Gasteiger partial charge is 0.446 e. The molecule has 5 nitrogen and oxygen atoms in total. The fourth-order valence-corrected chi connectivity index (χ4v) is 1.97. The minimum atomic E-state index is -0.718. The number of rotatable bonds is 3. The number of aryl methyl sites for hydroxylation is 2. The van der Waals surface area contributed by atoms with Gasteiger partial charge in [0.25, 0.3) is 0 Å². The van der Waals surface area contributed by atoms with Crippen LogP contribution in [-0.2, 0) is 11.3 Å². The number of pyridine rings is 2. The highest BCUT2D eigenvalue weighted by atomic mass is 35.5. The maximum atomic E-state index is 12.2. The molecule has 0 bridgehead atoms. The van der Waals surface area contributed by atoms with Crippen LogP contribution in [0.5, 0.6) is 0 Å². The van der Waals surface area contributed by atoms with Crippen molar-refractivity contribution in [1.29, 1.82) is 0 Å². The molecule has 0 saturated carbocycles. The van der Waals surface area contributed by atoms with E-state index in [2.05, 4.69) is 9.72 Å². The molecule has 2 aromatic heterocycles. The van der Waals surface area contributed by atoms with Crippen molar-refractivity contribution in [2.75, 3.05) is 6.07 Å². The quantitative estimate of drug-likeness (QED) is 0.638. The van der Waals surface area contributed by atoms with Crippen LogP contribution in [-0.4, -0.2) is 21.6 Å². The number of hydrogen-bond donors (Lipinski definition) is 0. The van der Waals surface area contributed by atoms with E-state index in [0.717, 1.165) is 5.69 Å². The molecule has 0 N–H and O–H groups in total. The minimum absolute atomic E-state index is 0.0272. The Balaban J connectivity index is 2.76. The third kappa shape index (κ3) is 2.46. The average Bonchev–Trinajstić information content (AvgIpc) is 2.39. The van der Waals surface area contributed by atoms with Crippen LogP contribution in [0.15, 0.2) is 23.1 Å². The smallest absolute Gasteiger partial charge is 0.344 e. The van der Waals surface area contributed by atoms with E-state index in [-0.39, 0.29) is 17.1 Å². The second-order valence-corrected chi connectivity index (χ2v) is 4.24. The van der Waals surface area contributed by atoms with E-state index in [0.29, 0.717) is 17.6 Å². The van der Waals surface area contributed by atoms with Crippen molar-refractivity contribution >= 4 is 28.6 Å². The lowest BCUT2D eigenvalue weighted by Gasteiger charge is -2.10. The van der Waals surface area contributed by atoms with Crippen molar-refractivity contribution in [2.24, 2.45) is 0 Å². The molecule has 0 amide bonds. The second kappa shape index (κ2) is 5.40. The van der Waals surface area contributed by atoms with Gasteiger partial charge in [0.1, 0.15) is 11.2 Å². The number of aromatic nitrogens is 2. The summed E-state index contributed by atoms with van der Waals surface area (Å²) < 4.78 is 6.42. The zero-order chi connectivity index (χ0) is 14.0. The molecule has 0 radical (unpaired) electrons. The van der Waals surface area contributed by atoms with Crippen molar-refractivity contribution in [2.45, 2.75) is 20.4 Å². The maximum Gasteiger partial charge on any atom is 0.344 e. The molecule has 6 heteroatoms. The molecule has 0 spiro atoms. The highest BCUT2D eigenvalue weighted by Crippen LogP contribution is 2.11. The lowest BCUT2D eigenvalue weighted by molar-refractivity contribution is 0.0572. The third-order valence-corrected chi connectivity index (χ3v) is 2.92. The third-order valence-electron chi connectivity index (χ3n) is 2.81. The molecule has 0 aliphatic carbocycles. The number of hydrogen-bond acceptors (Lipinski definition) is 4. The normalized spacial score (nSPS) is 10.7. The Morgan fingerprint density at radius 2 is 2.21 bits per heavy atom. The van der Waals surface area contributed by atoms with E-state index in [4.69, 9.17) is 11.6 Å².